The van der Waals surface area contributed by atoms with Crippen molar-refractivity contribution >= 4 is 5.78 Å². The third-order valence-electron chi connectivity index (χ3n) is 2.73. The minimum Gasteiger partial charge on any atom is -0.496 e. The maximum absolute atomic E-state index is 12.1. The molecule has 0 heterocycles. The van der Waals surface area contributed by atoms with E-state index in [-0.39, 0.29) is 5.78 Å². The zero-order valence-electron chi connectivity index (χ0n) is 11.5. The van der Waals surface area contributed by atoms with E-state index in [1.807, 2.05) is 0 Å². The number of terminal acetylenes is 1. The van der Waals surface area contributed by atoms with Crippen molar-refractivity contribution in [2.45, 2.75) is 19.3 Å². The molecule has 19 heavy (non-hydrogen) atoms. The predicted molar refractivity (Wildman–Crippen MR) is 73.1 cm³/mol. The molecular weight excluding hydrogens is 244 g/mol. The monoisotopic (exact) mass is 262 g/mol. The first-order valence-electron chi connectivity index (χ1n) is 5.94. The summed E-state index contributed by atoms with van der Waals surface area (Å²) in [6.45, 7) is 0. The number of unbranched alkanes of at least 4 members (excludes halogenated alkanes) is 1. The Morgan fingerprint density at radius 2 is 1.68 bits per heavy atom. The first-order chi connectivity index (χ1) is 9.17. The van der Waals surface area contributed by atoms with Crippen molar-refractivity contribution in [3.05, 3.63) is 17.7 Å². The number of Topliss-reactive ketones (excluding diaryl/α,β-unsaturated/α-hetero) is 1. The number of hydrogen-bond donors (Lipinski definition) is 0. The molecule has 102 valence electrons. The molecule has 0 spiro atoms. The van der Waals surface area contributed by atoms with Crippen LogP contribution in [0.4, 0.5) is 0 Å². The number of carbonyl (C=O) groups excluding carboxylic acids is 1. The average Bonchev–Trinajstić information content (AvgIpc) is 2.45. The van der Waals surface area contributed by atoms with Crippen molar-refractivity contribution < 1.29 is 19.0 Å². The van der Waals surface area contributed by atoms with Crippen LogP contribution in [0.15, 0.2) is 12.1 Å². The molecule has 0 aliphatic rings. The molecule has 0 fully saturated rings. The molecule has 0 bridgehead atoms. The Balaban J connectivity index is 3.04. The quantitative estimate of drug-likeness (QED) is 0.430. The molecule has 0 saturated carbocycles. The first kappa shape index (κ1) is 14.9. The van der Waals surface area contributed by atoms with Gasteiger partial charge in [0.15, 0.2) is 17.3 Å². The Morgan fingerprint density at radius 1 is 1.11 bits per heavy atom. The maximum Gasteiger partial charge on any atom is 0.166 e. The van der Waals surface area contributed by atoms with E-state index in [2.05, 4.69) is 5.92 Å². The minimum absolute atomic E-state index is 0.0203. The number of benzene rings is 1. The van der Waals surface area contributed by atoms with Gasteiger partial charge in [0.05, 0.1) is 26.9 Å². The highest BCUT2D eigenvalue weighted by Gasteiger charge is 2.17. The molecule has 4 nitrogen and oxygen atoms in total. The zero-order chi connectivity index (χ0) is 14.3. The van der Waals surface area contributed by atoms with Gasteiger partial charge in [0.2, 0.25) is 0 Å². The number of carbonyl (C=O) groups is 1. The van der Waals surface area contributed by atoms with E-state index in [0.29, 0.717) is 42.1 Å². The third-order valence-corrected chi connectivity index (χ3v) is 2.73. The summed E-state index contributed by atoms with van der Waals surface area (Å²) in [6, 6.07) is 3.28. The van der Waals surface area contributed by atoms with Crippen LogP contribution in [0, 0.1) is 12.3 Å². The third kappa shape index (κ3) is 3.65. The molecular formula is C15H18O4. The van der Waals surface area contributed by atoms with Crippen LogP contribution in [0.5, 0.6) is 17.2 Å². The van der Waals surface area contributed by atoms with Crippen LogP contribution in [-0.4, -0.2) is 27.1 Å². The Hall–Kier alpha value is -2.15. The summed E-state index contributed by atoms with van der Waals surface area (Å²) >= 11 is 0. The second kappa shape index (κ2) is 7.32. The second-order valence-electron chi connectivity index (χ2n) is 3.89. The molecule has 0 saturated heterocycles. The van der Waals surface area contributed by atoms with Crippen LogP contribution in [0.25, 0.3) is 0 Å². The van der Waals surface area contributed by atoms with Gasteiger partial charge in [0, 0.05) is 18.9 Å². The van der Waals surface area contributed by atoms with E-state index in [9.17, 15) is 4.79 Å². The Bertz CT molecular complexity index is 486. The lowest BCUT2D eigenvalue weighted by Gasteiger charge is -2.13. The molecule has 0 aromatic heterocycles. The van der Waals surface area contributed by atoms with Gasteiger partial charge in [-0.3, -0.25) is 4.79 Å². The van der Waals surface area contributed by atoms with Gasteiger partial charge in [0.1, 0.15) is 5.75 Å². The highest BCUT2D eigenvalue weighted by Crippen LogP contribution is 2.35. The van der Waals surface area contributed by atoms with Crippen molar-refractivity contribution in [1.82, 2.24) is 0 Å². The van der Waals surface area contributed by atoms with Gasteiger partial charge in [-0.05, 0) is 12.5 Å². The van der Waals surface area contributed by atoms with Crippen LogP contribution in [0.1, 0.15) is 29.6 Å². The Kier molecular flexibility index (Phi) is 5.74. The van der Waals surface area contributed by atoms with Crippen LogP contribution in [0.3, 0.4) is 0 Å². The number of methoxy groups -OCH3 is 3. The summed E-state index contributed by atoms with van der Waals surface area (Å²) in [4.78, 5) is 12.1. The smallest absolute Gasteiger partial charge is 0.166 e. The summed E-state index contributed by atoms with van der Waals surface area (Å²) in [5, 5.41) is 0. The Labute approximate surface area is 113 Å². The first-order valence-corrected chi connectivity index (χ1v) is 5.94. The molecule has 0 radical (unpaired) electrons. The molecule has 0 unspecified atom stereocenters. The van der Waals surface area contributed by atoms with Gasteiger partial charge in [-0.25, -0.2) is 0 Å². The van der Waals surface area contributed by atoms with E-state index in [4.69, 9.17) is 20.6 Å². The predicted octanol–water partition coefficient (Wildman–Crippen LogP) is 2.70. The molecule has 0 atom stereocenters. The molecule has 1 rings (SSSR count). The number of rotatable bonds is 7. The fourth-order valence-electron chi connectivity index (χ4n) is 1.73. The molecule has 0 aliphatic heterocycles. The van der Waals surface area contributed by atoms with Gasteiger partial charge in [0.25, 0.3) is 0 Å². The number of ketones is 1. The average molecular weight is 262 g/mol. The van der Waals surface area contributed by atoms with Crippen molar-refractivity contribution in [2.75, 3.05) is 21.3 Å². The minimum atomic E-state index is -0.0203. The van der Waals surface area contributed by atoms with E-state index < -0.39 is 0 Å². The van der Waals surface area contributed by atoms with E-state index in [1.165, 1.54) is 21.3 Å². The van der Waals surface area contributed by atoms with Crippen LogP contribution >= 0.6 is 0 Å². The summed E-state index contributed by atoms with van der Waals surface area (Å²) in [7, 11) is 4.57. The van der Waals surface area contributed by atoms with Gasteiger partial charge < -0.3 is 14.2 Å². The zero-order valence-corrected chi connectivity index (χ0v) is 11.5. The van der Waals surface area contributed by atoms with Gasteiger partial charge in [-0.15, -0.1) is 12.3 Å². The molecule has 0 aliphatic carbocycles. The van der Waals surface area contributed by atoms with Gasteiger partial charge in [-0.1, -0.05) is 0 Å². The van der Waals surface area contributed by atoms with E-state index in [1.54, 1.807) is 12.1 Å². The molecule has 0 N–H and O–H groups in total. The van der Waals surface area contributed by atoms with E-state index in [0.717, 1.165) is 0 Å². The van der Waals surface area contributed by atoms with Crippen LogP contribution < -0.4 is 14.2 Å². The molecule has 1 aromatic rings. The fraction of sp³-hybridized carbons (Fsp3) is 0.400. The lowest BCUT2D eigenvalue weighted by Crippen LogP contribution is -2.04. The summed E-state index contributed by atoms with van der Waals surface area (Å²) < 4.78 is 15.6. The maximum atomic E-state index is 12.1. The van der Waals surface area contributed by atoms with Crippen molar-refractivity contribution in [3.63, 3.8) is 0 Å². The van der Waals surface area contributed by atoms with Crippen molar-refractivity contribution in [3.8, 4) is 29.6 Å². The lowest BCUT2D eigenvalue weighted by atomic mass is 10.0. The number of hydrogen-bond acceptors (Lipinski definition) is 4. The highest BCUT2D eigenvalue weighted by molar-refractivity contribution is 5.99. The van der Waals surface area contributed by atoms with Crippen LogP contribution in [-0.2, 0) is 0 Å². The summed E-state index contributed by atoms with van der Waals surface area (Å²) in [6.07, 6.45) is 6.80. The summed E-state index contributed by atoms with van der Waals surface area (Å²) in [5.74, 6) is 4.00. The lowest BCUT2D eigenvalue weighted by molar-refractivity contribution is 0.0977. The molecule has 0 amide bonds. The van der Waals surface area contributed by atoms with E-state index >= 15 is 0 Å². The highest BCUT2D eigenvalue weighted by atomic mass is 16.5. The fourth-order valence-corrected chi connectivity index (χ4v) is 1.73. The van der Waals surface area contributed by atoms with Gasteiger partial charge >= 0.3 is 0 Å². The second-order valence-corrected chi connectivity index (χ2v) is 3.89. The van der Waals surface area contributed by atoms with Crippen molar-refractivity contribution in [1.29, 1.82) is 0 Å². The molecule has 1 aromatic carbocycles. The SMILES string of the molecule is C#CCCCC(=O)c1cc(OC)c(OC)cc1OC. The largest absolute Gasteiger partial charge is 0.496 e. The van der Waals surface area contributed by atoms with Crippen molar-refractivity contribution in [2.24, 2.45) is 0 Å². The summed E-state index contributed by atoms with van der Waals surface area (Å²) in [5.41, 5.74) is 0.483. The molecule has 4 heteroatoms. The Morgan fingerprint density at radius 3 is 2.21 bits per heavy atom. The number of ether oxygens (including phenoxy) is 3. The normalized spacial score (nSPS) is 9.58. The topological polar surface area (TPSA) is 44.8 Å². The standard InChI is InChI=1S/C15H18O4/c1-5-6-7-8-12(16)11-9-14(18-3)15(19-4)10-13(11)17-2/h1,9-10H,6-8H2,2-4H3. The van der Waals surface area contributed by atoms with Crippen LogP contribution in [0.2, 0.25) is 0 Å². The van der Waals surface area contributed by atoms with Gasteiger partial charge in [-0.2, -0.15) is 0 Å².